The average molecular weight is 458 g/mol. The van der Waals surface area contributed by atoms with Crippen LogP contribution in [0.5, 0.6) is 0 Å². The third-order valence-corrected chi connectivity index (χ3v) is 7.59. The Morgan fingerprint density at radius 2 is 1.91 bits per heavy atom. The fourth-order valence-electron chi connectivity index (χ4n) is 5.64. The molecule has 6 heteroatoms. The summed E-state index contributed by atoms with van der Waals surface area (Å²) in [4.78, 5) is 3.62. The number of nitrogens with two attached hydrogens (primary N) is 1. The van der Waals surface area contributed by atoms with Crippen molar-refractivity contribution in [1.29, 1.82) is 0 Å². The molecule has 0 aliphatic heterocycles. The lowest BCUT2D eigenvalue weighted by Gasteiger charge is -2.37. The van der Waals surface area contributed by atoms with Gasteiger partial charge in [-0.2, -0.15) is 0 Å². The van der Waals surface area contributed by atoms with Crippen molar-refractivity contribution >= 4 is 22.5 Å². The monoisotopic (exact) mass is 457 g/mol. The van der Waals surface area contributed by atoms with E-state index in [1.165, 1.54) is 22.4 Å². The third-order valence-electron chi connectivity index (χ3n) is 7.35. The number of hydrogen-bond acceptors (Lipinski definition) is 2. The second-order valence-corrected chi connectivity index (χ2v) is 10.2. The van der Waals surface area contributed by atoms with Crippen molar-refractivity contribution in [3.05, 3.63) is 69.9 Å². The molecular weight excluding hydrogens is 428 g/mol. The second kappa shape index (κ2) is 8.44. The van der Waals surface area contributed by atoms with E-state index in [0.29, 0.717) is 6.54 Å². The summed E-state index contributed by atoms with van der Waals surface area (Å²) >= 11 is 6.33. The van der Waals surface area contributed by atoms with E-state index in [0.717, 1.165) is 35.3 Å². The minimum atomic E-state index is -2.46. The largest absolute Gasteiger partial charge is 0.358 e. The molecule has 2 aromatic carbocycles. The molecule has 170 valence electrons. The summed E-state index contributed by atoms with van der Waals surface area (Å²) in [5.74, 6) is -2.00. The van der Waals surface area contributed by atoms with E-state index >= 15 is 0 Å². The number of fused-ring (bicyclic) bond motifs is 3. The Kier molecular flexibility index (Phi) is 5.77. The van der Waals surface area contributed by atoms with Gasteiger partial charge < -0.3 is 16.0 Å². The summed E-state index contributed by atoms with van der Waals surface area (Å²) in [6, 6.07) is 14.6. The average Bonchev–Trinajstić information content (AvgIpc) is 3.09. The highest BCUT2D eigenvalue weighted by atomic mass is 35.5. The van der Waals surface area contributed by atoms with Crippen LogP contribution in [0.25, 0.3) is 10.9 Å². The van der Waals surface area contributed by atoms with Crippen molar-refractivity contribution in [2.45, 2.75) is 56.4 Å². The Morgan fingerprint density at radius 1 is 1.16 bits per heavy atom. The molecule has 0 saturated heterocycles. The number of benzene rings is 2. The SMILES string of the molecule is Cc1ccc([C@H]2Cc3[nH]c4ccc(Cl)cc4c3[C@@H](CCNCC3CC(F)(F)C3)[C@@H]2N)cc1. The van der Waals surface area contributed by atoms with E-state index in [1.807, 2.05) is 18.2 Å². The molecule has 1 fully saturated rings. The van der Waals surface area contributed by atoms with Crippen LogP contribution in [0.4, 0.5) is 8.78 Å². The lowest BCUT2D eigenvalue weighted by atomic mass is 9.71. The van der Waals surface area contributed by atoms with Gasteiger partial charge in [-0.3, -0.25) is 0 Å². The number of rotatable bonds is 6. The van der Waals surface area contributed by atoms with Gasteiger partial charge in [0.2, 0.25) is 5.92 Å². The van der Waals surface area contributed by atoms with Gasteiger partial charge in [0.25, 0.3) is 0 Å². The lowest BCUT2D eigenvalue weighted by Crippen LogP contribution is -2.43. The zero-order valence-electron chi connectivity index (χ0n) is 18.3. The van der Waals surface area contributed by atoms with Crippen LogP contribution in [0.15, 0.2) is 42.5 Å². The number of H-pyrrole nitrogens is 1. The van der Waals surface area contributed by atoms with Crippen LogP contribution in [-0.4, -0.2) is 30.0 Å². The van der Waals surface area contributed by atoms with Gasteiger partial charge >= 0.3 is 0 Å². The van der Waals surface area contributed by atoms with E-state index in [2.05, 4.69) is 41.5 Å². The number of alkyl halides is 2. The molecule has 2 aliphatic carbocycles. The van der Waals surface area contributed by atoms with Gasteiger partial charge in [0.05, 0.1) is 0 Å². The summed E-state index contributed by atoms with van der Waals surface area (Å²) in [5, 5.41) is 5.28. The molecule has 0 unspecified atom stereocenters. The minimum absolute atomic E-state index is 0.00351. The van der Waals surface area contributed by atoms with E-state index in [1.54, 1.807) is 0 Å². The maximum Gasteiger partial charge on any atom is 0.248 e. The number of aromatic nitrogens is 1. The van der Waals surface area contributed by atoms with Crippen LogP contribution >= 0.6 is 11.6 Å². The Bertz CT molecular complexity index is 1100. The third kappa shape index (κ3) is 4.18. The van der Waals surface area contributed by atoms with Crippen LogP contribution in [-0.2, 0) is 6.42 Å². The van der Waals surface area contributed by atoms with Gasteiger partial charge in [-0.25, -0.2) is 8.78 Å². The van der Waals surface area contributed by atoms with Gasteiger partial charge in [-0.05, 0) is 68.1 Å². The van der Waals surface area contributed by atoms with E-state index in [-0.39, 0.29) is 36.6 Å². The van der Waals surface area contributed by atoms with Crippen molar-refractivity contribution < 1.29 is 8.78 Å². The van der Waals surface area contributed by atoms with Gasteiger partial charge in [-0.15, -0.1) is 0 Å². The Morgan fingerprint density at radius 3 is 2.62 bits per heavy atom. The molecule has 1 saturated carbocycles. The highest BCUT2D eigenvalue weighted by molar-refractivity contribution is 6.31. The second-order valence-electron chi connectivity index (χ2n) is 9.74. The summed E-state index contributed by atoms with van der Waals surface area (Å²) in [6.07, 6.45) is 1.74. The van der Waals surface area contributed by atoms with Crippen LogP contribution in [0.3, 0.4) is 0 Å². The molecule has 3 aromatic rings. The van der Waals surface area contributed by atoms with E-state index in [4.69, 9.17) is 17.3 Å². The fraction of sp³-hybridized carbons (Fsp3) is 0.462. The molecule has 2 aliphatic rings. The summed E-state index contributed by atoms with van der Waals surface area (Å²) in [5.41, 5.74) is 13.0. The number of nitrogens with one attached hydrogen (secondary N) is 2. The molecule has 4 N–H and O–H groups in total. The van der Waals surface area contributed by atoms with Crippen molar-refractivity contribution in [3.63, 3.8) is 0 Å². The molecule has 5 rings (SSSR count). The molecule has 1 aromatic heterocycles. The van der Waals surface area contributed by atoms with Crippen molar-refractivity contribution in [3.8, 4) is 0 Å². The van der Waals surface area contributed by atoms with Crippen LogP contribution < -0.4 is 11.1 Å². The fourth-order valence-corrected chi connectivity index (χ4v) is 5.81. The predicted octanol–water partition coefficient (Wildman–Crippen LogP) is 5.91. The highest BCUT2D eigenvalue weighted by Gasteiger charge is 2.44. The number of halogens is 3. The first-order chi connectivity index (χ1) is 15.3. The zero-order valence-corrected chi connectivity index (χ0v) is 19.1. The smallest absolute Gasteiger partial charge is 0.248 e. The first-order valence-electron chi connectivity index (χ1n) is 11.5. The Balaban J connectivity index is 1.39. The Labute approximate surface area is 192 Å². The molecular formula is C26H30ClF2N3. The van der Waals surface area contributed by atoms with Crippen molar-refractivity contribution in [2.24, 2.45) is 11.7 Å². The quantitative estimate of drug-likeness (QED) is 0.403. The topological polar surface area (TPSA) is 53.8 Å². The minimum Gasteiger partial charge on any atom is -0.358 e. The van der Waals surface area contributed by atoms with Gasteiger partial charge in [0.15, 0.2) is 0 Å². The number of aryl methyl sites for hydroxylation is 1. The van der Waals surface area contributed by atoms with Gasteiger partial charge in [-0.1, -0.05) is 41.4 Å². The molecule has 0 spiro atoms. The molecule has 3 atom stereocenters. The highest BCUT2D eigenvalue weighted by Crippen LogP contribution is 2.45. The molecule has 0 bridgehead atoms. The molecule has 3 nitrogen and oxygen atoms in total. The first-order valence-corrected chi connectivity index (χ1v) is 11.9. The number of aromatic amines is 1. The summed E-state index contributed by atoms with van der Waals surface area (Å²) < 4.78 is 26.2. The summed E-state index contributed by atoms with van der Waals surface area (Å²) in [7, 11) is 0. The van der Waals surface area contributed by atoms with Gasteiger partial charge in [0, 0.05) is 52.3 Å². The van der Waals surface area contributed by atoms with Gasteiger partial charge in [0.1, 0.15) is 0 Å². The first kappa shape index (κ1) is 21.9. The maximum atomic E-state index is 13.1. The van der Waals surface area contributed by atoms with Crippen LogP contribution in [0.2, 0.25) is 5.02 Å². The van der Waals surface area contributed by atoms with Crippen molar-refractivity contribution in [1.82, 2.24) is 10.3 Å². The lowest BCUT2D eigenvalue weighted by molar-refractivity contribution is -0.109. The van der Waals surface area contributed by atoms with E-state index < -0.39 is 5.92 Å². The zero-order chi connectivity index (χ0) is 22.5. The van der Waals surface area contributed by atoms with E-state index in [9.17, 15) is 8.78 Å². The molecule has 1 heterocycles. The number of hydrogen-bond donors (Lipinski definition) is 3. The van der Waals surface area contributed by atoms with Crippen LogP contribution in [0.1, 0.15) is 53.5 Å². The maximum absolute atomic E-state index is 13.1. The molecule has 0 radical (unpaired) electrons. The Hall–Kier alpha value is -1.95. The summed E-state index contributed by atoms with van der Waals surface area (Å²) in [6.45, 7) is 3.50. The predicted molar refractivity (Wildman–Crippen MR) is 127 cm³/mol. The standard InChI is InChI=1S/C26H30ClF2N3/c1-15-2-4-17(5-3-15)20-11-23-24(21-10-18(27)6-7-22(21)32-23)19(25(20)30)8-9-31-14-16-12-26(28,29)13-16/h2-7,10,16,19-20,25,31-32H,8-9,11-14,30H2,1H3/t19-,20-,25+/m1/s1. The van der Waals surface area contributed by atoms with Crippen molar-refractivity contribution in [2.75, 3.05) is 13.1 Å². The molecule has 32 heavy (non-hydrogen) atoms. The molecule has 0 amide bonds. The normalized spacial score (nSPS) is 25.0. The van der Waals surface area contributed by atoms with Crippen LogP contribution in [0, 0.1) is 12.8 Å².